The molecule has 3 atom stereocenters. The van der Waals surface area contributed by atoms with Gasteiger partial charge in [0.2, 0.25) is 0 Å². The fraction of sp³-hybridized carbons (Fsp3) is 0.583. The number of guanidine groups is 1. The van der Waals surface area contributed by atoms with Crippen LogP contribution in [0.2, 0.25) is 0 Å². The van der Waals surface area contributed by atoms with Crippen molar-refractivity contribution in [2.75, 3.05) is 39.8 Å². The Morgan fingerprint density at radius 3 is 2.50 bits per heavy atom. The zero-order valence-electron chi connectivity index (χ0n) is 19.7. The van der Waals surface area contributed by atoms with Crippen molar-refractivity contribution in [3.8, 4) is 0 Å². The zero-order valence-corrected chi connectivity index (χ0v) is 19.7. The van der Waals surface area contributed by atoms with Gasteiger partial charge in [0.25, 0.3) is 0 Å². The molecule has 8 heteroatoms. The molecule has 32 heavy (non-hydrogen) atoms. The lowest BCUT2D eigenvalue weighted by molar-refractivity contribution is -0.0704. The van der Waals surface area contributed by atoms with Crippen LogP contribution in [-0.4, -0.2) is 77.6 Å². The van der Waals surface area contributed by atoms with E-state index in [0.717, 1.165) is 50.8 Å². The van der Waals surface area contributed by atoms with Crippen LogP contribution in [0.4, 0.5) is 0 Å². The third-order valence-corrected chi connectivity index (χ3v) is 6.05. The summed E-state index contributed by atoms with van der Waals surface area (Å²) in [7, 11) is 3.77. The van der Waals surface area contributed by atoms with Crippen LogP contribution in [0.3, 0.4) is 0 Å². The number of rotatable bonds is 5. The van der Waals surface area contributed by atoms with E-state index in [-0.39, 0.29) is 6.10 Å². The maximum atomic E-state index is 5.96. The first kappa shape index (κ1) is 22.8. The smallest absolute Gasteiger partial charge is 0.194 e. The predicted molar refractivity (Wildman–Crippen MR) is 125 cm³/mol. The molecule has 3 unspecified atom stereocenters. The summed E-state index contributed by atoms with van der Waals surface area (Å²) < 4.78 is 13.6. The summed E-state index contributed by atoms with van der Waals surface area (Å²) >= 11 is 0. The van der Waals surface area contributed by atoms with E-state index in [0.29, 0.717) is 18.8 Å². The molecule has 4 rings (SSSR count). The number of nitrogens with one attached hydrogen (secondary N) is 1. The van der Waals surface area contributed by atoms with Crippen LogP contribution in [0.25, 0.3) is 0 Å². The first-order valence-corrected chi connectivity index (χ1v) is 11.5. The van der Waals surface area contributed by atoms with Crippen molar-refractivity contribution >= 4 is 5.96 Å². The van der Waals surface area contributed by atoms with E-state index in [1.54, 1.807) is 0 Å². The predicted octanol–water partition coefficient (Wildman–Crippen LogP) is 2.18. The van der Waals surface area contributed by atoms with Crippen LogP contribution < -0.4 is 5.32 Å². The molecule has 174 valence electrons. The van der Waals surface area contributed by atoms with Crippen molar-refractivity contribution < 1.29 is 9.47 Å². The highest BCUT2D eigenvalue weighted by molar-refractivity contribution is 5.80. The summed E-state index contributed by atoms with van der Waals surface area (Å²) in [6, 6.07) is 8.89. The summed E-state index contributed by atoms with van der Waals surface area (Å²) in [5, 5.41) is 7.79. The zero-order chi connectivity index (χ0) is 22.5. The van der Waals surface area contributed by atoms with Gasteiger partial charge in [-0.3, -0.25) is 14.6 Å². The molecule has 2 aromatic rings. The highest BCUT2D eigenvalue weighted by Gasteiger charge is 2.25. The Hall–Kier alpha value is -2.42. The largest absolute Gasteiger partial charge is 0.373 e. The van der Waals surface area contributed by atoms with Gasteiger partial charge in [0, 0.05) is 58.6 Å². The second-order valence-electron chi connectivity index (χ2n) is 8.92. The van der Waals surface area contributed by atoms with E-state index in [4.69, 9.17) is 9.47 Å². The topological polar surface area (TPSA) is 67.2 Å². The van der Waals surface area contributed by atoms with Crippen molar-refractivity contribution in [1.29, 1.82) is 0 Å². The number of aryl methyl sites for hydroxylation is 1. The number of hydrogen-bond donors (Lipinski definition) is 1. The van der Waals surface area contributed by atoms with Gasteiger partial charge < -0.3 is 19.7 Å². The fourth-order valence-electron chi connectivity index (χ4n) is 4.60. The number of morpholine rings is 2. The fourth-order valence-corrected chi connectivity index (χ4v) is 4.60. The van der Waals surface area contributed by atoms with E-state index in [9.17, 15) is 0 Å². The number of aliphatic imine (C=N–C) groups is 1. The van der Waals surface area contributed by atoms with Gasteiger partial charge in [-0.05, 0) is 25.0 Å². The van der Waals surface area contributed by atoms with Crippen molar-refractivity contribution in [3.63, 3.8) is 0 Å². The number of nitrogens with zero attached hydrogens (tertiary/aromatic N) is 5. The normalized spacial score (nSPS) is 25.2. The standard InChI is InChI=1S/C24H36N6O2/c1-18-13-29(14-19(2)32-18)15-21-7-5-20(6-8-21)11-26-24(25-3)30-9-10-31-23(17-30)22-12-27-28(4)16-22/h5-8,12,16,18-19,23H,9-11,13-15,17H2,1-4H3,(H,25,26). The lowest BCUT2D eigenvalue weighted by Crippen LogP contribution is -2.47. The van der Waals surface area contributed by atoms with Crippen molar-refractivity contribution in [1.82, 2.24) is 24.9 Å². The van der Waals surface area contributed by atoms with Gasteiger partial charge in [0.15, 0.2) is 5.96 Å². The molecule has 0 saturated carbocycles. The third kappa shape index (κ3) is 5.88. The quantitative estimate of drug-likeness (QED) is 0.568. The second kappa shape index (κ2) is 10.5. The number of aromatic nitrogens is 2. The monoisotopic (exact) mass is 440 g/mol. The molecule has 2 fully saturated rings. The molecule has 0 amide bonds. The number of ether oxygens (including phenoxy) is 2. The second-order valence-corrected chi connectivity index (χ2v) is 8.92. The third-order valence-electron chi connectivity index (χ3n) is 6.05. The highest BCUT2D eigenvalue weighted by atomic mass is 16.5. The molecule has 0 aliphatic carbocycles. The molecule has 1 N–H and O–H groups in total. The van der Waals surface area contributed by atoms with Crippen LogP contribution in [0.15, 0.2) is 41.7 Å². The Labute approximate surface area is 191 Å². The molecule has 0 spiro atoms. The van der Waals surface area contributed by atoms with Gasteiger partial charge in [-0.15, -0.1) is 0 Å². The van der Waals surface area contributed by atoms with E-state index in [1.807, 2.05) is 31.2 Å². The maximum absolute atomic E-state index is 5.96. The molecule has 0 radical (unpaired) electrons. The van der Waals surface area contributed by atoms with E-state index < -0.39 is 0 Å². The average Bonchev–Trinajstić information content (AvgIpc) is 3.21. The van der Waals surface area contributed by atoms with Crippen molar-refractivity contribution in [3.05, 3.63) is 53.3 Å². The molecule has 2 saturated heterocycles. The van der Waals surface area contributed by atoms with Gasteiger partial charge in [-0.1, -0.05) is 24.3 Å². The van der Waals surface area contributed by atoms with E-state index in [2.05, 4.69) is 63.3 Å². The summed E-state index contributed by atoms with van der Waals surface area (Å²) in [6.07, 6.45) is 4.51. The molecule has 2 aliphatic rings. The van der Waals surface area contributed by atoms with Crippen LogP contribution in [0.5, 0.6) is 0 Å². The van der Waals surface area contributed by atoms with E-state index in [1.165, 1.54) is 11.1 Å². The Kier molecular flexibility index (Phi) is 7.44. The van der Waals surface area contributed by atoms with E-state index >= 15 is 0 Å². The summed E-state index contributed by atoms with van der Waals surface area (Å²) in [4.78, 5) is 9.24. The summed E-state index contributed by atoms with van der Waals surface area (Å²) in [5.41, 5.74) is 3.69. The molecular formula is C24H36N6O2. The summed E-state index contributed by atoms with van der Waals surface area (Å²) in [6.45, 7) is 10.3. The first-order chi connectivity index (χ1) is 15.5. The maximum Gasteiger partial charge on any atom is 0.194 e. The molecular weight excluding hydrogens is 404 g/mol. The SMILES string of the molecule is CN=C(NCc1ccc(CN2CC(C)OC(C)C2)cc1)N1CCOC(c2cnn(C)c2)C1. The Bertz CT molecular complexity index is 886. The molecule has 0 bridgehead atoms. The van der Waals surface area contributed by atoms with Crippen molar-refractivity contribution in [2.45, 2.75) is 45.2 Å². The minimum atomic E-state index is 0.0147. The highest BCUT2D eigenvalue weighted by Crippen LogP contribution is 2.21. The van der Waals surface area contributed by atoms with Gasteiger partial charge in [-0.25, -0.2) is 0 Å². The number of hydrogen-bond acceptors (Lipinski definition) is 5. The molecule has 3 heterocycles. The summed E-state index contributed by atoms with van der Waals surface area (Å²) in [5.74, 6) is 0.905. The minimum absolute atomic E-state index is 0.0147. The van der Waals surface area contributed by atoms with Gasteiger partial charge in [0.1, 0.15) is 6.10 Å². The van der Waals surface area contributed by atoms with Crippen LogP contribution in [0, 0.1) is 0 Å². The molecule has 8 nitrogen and oxygen atoms in total. The van der Waals surface area contributed by atoms with Crippen LogP contribution in [-0.2, 0) is 29.6 Å². The lowest BCUT2D eigenvalue weighted by atomic mass is 10.1. The van der Waals surface area contributed by atoms with Crippen LogP contribution in [0.1, 0.15) is 36.6 Å². The van der Waals surface area contributed by atoms with Crippen molar-refractivity contribution in [2.24, 2.45) is 12.0 Å². The lowest BCUT2D eigenvalue weighted by Gasteiger charge is -2.35. The van der Waals surface area contributed by atoms with Gasteiger partial charge >= 0.3 is 0 Å². The Morgan fingerprint density at radius 2 is 1.84 bits per heavy atom. The average molecular weight is 441 g/mol. The van der Waals surface area contributed by atoms with Crippen LogP contribution >= 0.6 is 0 Å². The van der Waals surface area contributed by atoms with Gasteiger partial charge in [0.05, 0.1) is 31.6 Å². The number of benzene rings is 1. The molecule has 1 aromatic carbocycles. The molecule has 2 aliphatic heterocycles. The Morgan fingerprint density at radius 1 is 1.12 bits per heavy atom. The minimum Gasteiger partial charge on any atom is -0.373 e. The molecule has 1 aromatic heterocycles. The first-order valence-electron chi connectivity index (χ1n) is 11.5. The van der Waals surface area contributed by atoms with Gasteiger partial charge in [-0.2, -0.15) is 5.10 Å². The Balaban J connectivity index is 1.29.